The van der Waals surface area contributed by atoms with Crippen molar-refractivity contribution in [3.05, 3.63) is 21.9 Å². The van der Waals surface area contributed by atoms with E-state index in [1.165, 1.54) is 10.4 Å². The SMILES string of the molecule is CCc1ccsc1CN1C(=O)C(C(C)(C)C)NC(=O)C1C. The Morgan fingerprint density at radius 2 is 2.00 bits per heavy atom. The smallest absolute Gasteiger partial charge is 0.246 e. The minimum atomic E-state index is -0.453. The summed E-state index contributed by atoms with van der Waals surface area (Å²) >= 11 is 1.66. The average molecular weight is 308 g/mol. The molecule has 2 amide bonds. The van der Waals surface area contributed by atoms with E-state index in [4.69, 9.17) is 0 Å². The Kier molecular flexibility index (Phi) is 4.42. The molecule has 1 aromatic rings. The van der Waals surface area contributed by atoms with Gasteiger partial charge in [-0.1, -0.05) is 27.7 Å². The summed E-state index contributed by atoms with van der Waals surface area (Å²) < 4.78 is 0. The Labute approximate surface area is 130 Å². The molecule has 0 spiro atoms. The summed E-state index contributed by atoms with van der Waals surface area (Å²) in [6.45, 7) is 10.4. The fraction of sp³-hybridized carbons (Fsp3) is 0.625. The Hall–Kier alpha value is -1.36. The normalized spacial score (nSPS) is 23.4. The number of aryl methyl sites for hydroxylation is 1. The lowest BCUT2D eigenvalue weighted by molar-refractivity contribution is -0.152. The Morgan fingerprint density at radius 1 is 1.33 bits per heavy atom. The molecule has 0 saturated carbocycles. The summed E-state index contributed by atoms with van der Waals surface area (Å²) in [6.07, 6.45) is 0.949. The molecular formula is C16H24N2O2S. The lowest BCUT2D eigenvalue weighted by Gasteiger charge is -2.42. The number of rotatable bonds is 3. The van der Waals surface area contributed by atoms with E-state index in [1.807, 2.05) is 20.8 Å². The number of hydrogen-bond donors (Lipinski definition) is 1. The molecule has 0 aliphatic carbocycles. The zero-order chi connectivity index (χ0) is 15.8. The molecule has 1 fully saturated rings. The van der Waals surface area contributed by atoms with Crippen molar-refractivity contribution in [1.82, 2.24) is 10.2 Å². The van der Waals surface area contributed by atoms with Gasteiger partial charge in [-0.3, -0.25) is 9.59 Å². The number of nitrogens with zero attached hydrogens (tertiary/aromatic N) is 1. The van der Waals surface area contributed by atoms with Crippen LogP contribution in [0.15, 0.2) is 11.4 Å². The molecule has 116 valence electrons. The molecule has 0 radical (unpaired) electrons. The molecule has 2 unspecified atom stereocenters. The highest BCUT2D eigenvalue weighted by Crippen LogP contribution is 2.28. The number of carbonyl (C=O) groups is 2. The maximum absolute atomic E-state index is 12.8. The zero-order valence-electron chi connectivity index (χ0n) is 13.4. The summed E-state index contributed by atoms with van der Waals surface area (Å²) in [5, 5.41) is 4.92. The van der Waals surface area contributed by atoms with Crippen molar-refractivity contribution in [2.24, 2.45) is 5.41 Å². The molecule has 1 aliphatic heterocycles. The van der Waals surface area contributed by atoms with Crippen molar-refractivity contribution in [2.45, 2.75) is 59.7 Å². The van der Waals surface area contributed by atoms with Gasteiger partial charge in [0.25, 0.3) is 0 Å². The molecule has 21 heavy (non-hydrogen) atoms. The van der Waals surface area contributed by atoms with Crippen molar-refractivity contribution >= 4 is 23.2 Å². The molecule has 0 bridgehead atoms. The topological polar surface area (TPSA) is 49.4 Å². The summed E-state index contributed by atoms with van der Waals surface area (Å²) in [6, 6.07) is 1.23. The third kappa shape index (κ3) is 3.12. The average Bonchev–Trinajstić information content (AvgIpc) is 2.84. The van der Waals surface area contributed by atoms with Crippen LogP contribution in [0.1, 0.15) is 45.1 Å². The van der Waals surface area contributed by atoms with Crippen LogP contribution in [0, 0.1) is 5.41 Å². The number of nitrogens with one attached hydrogen (secondary N) is 1. The van der Waals surface area contributed by atoms with Crippen molar-refractivity contribution in [3.63, 3.8) is 0 Å². The molecular weight excluding hydrogens is 284 g/mol. The summed E-state index contributed by atoms with van der Waals surface area (Å²) in [5.74, 6) is -0.0471. The van der Waals surface area contributed by atoms with Crippen LogP contribution in [-0.4, -0.2) is 28.8 Å². The molecule has 0 aromatic carbocycles. The van der Waals surface area contributed by atoms with E-state index < -0.39 is 12.1 Å². The van der Waals surface area contributed by atoms with Crippen molar-refractivity contribution in [2.75, 3.05) is 0 Å². The van der Waals surface area contributed by atoms with Crippen LogP contribution in [0.5, 0.6) is 0 Å². The Balaban J connectivity index is 2.27. The molecule has 2 atom stereocenters. The molecule has 4 nitrogen and oxygen atoms in total. The third-order valence-electron chi connectivity index (χ3n) is 4.06. The molecule has 5 heteroatoms. The third-order valence-corrected chi connectivity index (χ3v) is 5.01. The number of amides is 2. The highest BCUT2D eigenvalue weighted by atomic mass is 32.1. The van der Waals surface area contributed by atoms with E-state index in [1.54, 1.807) is 23.2 Å². The lowest BCUT2D eigenvalue weighted by Crippen LogP contribution is -2.65. The van der Waals surface area contributed by atoms with Crippen LogP contribution in [0.2, 0.25) is 0 Å². The highest BCUT2D eigenvalue weighted by molar-refractivity contribution is 7.10. The van der Waals surface area contributed by atoms with Crippen LogP contribution in [-0.2, 0) is 22.6 Å². The van der Waals surface area contributed by atoms with E-state index in [-0.39, 0.29) is 17.2 Å². The summed E-state index contributed by atoms with van der Waals surface area (Å²) in [7, 11) is 0. The van der Waals surface area contributed by atoms with Crippen LogP contribution < -0.4 is 5.32 Å². The monoisotopic (exact) mass is 308 g/mol. The van der Waals surface area contributed by atoms with Gasteiger partial charge in [-0.15, -0.1) is 11.3 Å². The predicted octanol–water partition coefficient (Wildman–Crippen LogP) is 2.57. The minimum Gasteiger partial charge on any atom is -0.342 e. The molecule has 1 saturated heterocycles. The van der Waals surface area contributed by atoms with Gasteiger partial charge in [-0.2, -0.15) is 0 Å². The fourth-order valence-corrected chi connectivity index (χ4v) is 3.57. The first-order chi connectivity index (χ1) is 9.75. The maximum Gasteiger partial charge on any atom is 0.246 e. The predicted molar refractivity (Wildman–Crippen MR) is 85.1 cm³/mol. The van der Waals surface area contributed by atoms with Gasteiger partial charge in [0.1, 0.15) is 12.1 Å². The van der Waals surface area contributed by atoms with E-state index in [9.17, 15) is 9.59 Å². The zero-order valence-corrected chi connectivity index (χ0v) is 14.2. The first-order valence-electron chi connectivity index (χ1n) is 7.41. The largest absolute Gasteiger partial charge is 0.342 e. The number of carbonyl (C=O) groups excluding carboxylic acids is 2. The van der Waals surface area contributed by atoms with Gasteiger partial charge >= 0.3 is 0 Å². The Morgan fingerprint density at radius 3 is 2.57 bits per heavy atom. The molecule has 1 aliphatic rings. The first kappa shape index (κ1) is 16.0. The second kappa shape index (κ2) is 5.79. The van der Waals surface area contributed by atoms with Crippen LogP contribution in [0.3, 0.4) is 0 Å². The molecule has 2 heterocycles. The van der Waals surface area contributed by atoms with Crippen LogP contribution in [0.25, 0.3) is 0 Å². The second-order valence-corrected chi connectivity index (χ2v) is 7.67. The van der Waals surface area contributed by atoms with Crippen LogP contribution >= 0.6 is 11.3 Å². The number of thiophene rings is 1. The minimum absolute atomic E-state index is 0.0186. The van der Waals surface area contributed by atoms with Crippen molar-refractivity contribution in [3.8, 4) is 0 Å². The Bertz CT molecular complexity index is 545. The van der Waals surface area contributed by atoms with Crippen molar-refractivity contribution < 1.29 is 9.59 Å². The fourth-order valence-electron chi connectivity index (χ4n) is 2.60. The van der Waals surface area contributed by atoms with Gasteiger partial charge in [0.15, 0.2) is 0 Å². The molecule has 2 rings (SSSR count). The summed E-state index contributed by atoms with van der Waals surface area (Å²) in [4.78, 5) is 27.9. The highest BCUT2D eigenvalue weighted by Gasteiger charge is 2.43. The van der Waals surface area contributed by atoms with Gasteiger partial charge in [-0.25, -0.2) is 0 Å². The molecule has 1 N–H and O–H groups in total. The van der Waals surface area contributed by atoms with Gasteiger partial charge in [0.2, 0.25) is 11.8 Å². The lowest BCUT2D eigenvalue weighted by atomic mass is 9.84. The number of piperazine rings is 1. The van der Waals surface area contributed by atoms with E-state index in [0.717, 1.165) is 6.42 Å². The quantitative estimate of drug-likeness (QED) is 0.933. The van der Waals surface area contributed by atoms with E-state index >= 15 is 0 Å². The van der Waals surface area contributed by atoms with E-state index in [0.29, 0.717) is 6.54 Å². The first-order valence-corrected chi connectivity index (χ1v) is 8.29. The number of hydrogen-bond acceptors (Lipinski definition) is 3. The van der Waals surface area contributed by atoms with Gasteiger partial charge in [0, 0.05) is 4.88 Å². The molecule has 1 aromatic heterocycles. The van der Waals surface area contributed by atoms with Gasteiger partial charge in [0.05, 0.1) is 6.54 Å². The van der Waals surface area contributed by atoms with E-state index in [2.05, 4.69) is 23.7 Å². The van der Waals surface area contributed by atoms with Gasteiger partial charge in [-0.05, 0) is 35.8 Å². The van der Waals surface area contributed by atoms with Crippen molar-refractivity contribution in [1.29, 1.82) is 0 Å². The maximum atomic E-state index is 12.8. The summed E-state index contributed by atoms with van der Waals surface area (Å²) in [5.41, 5.74) is 0.979. The second-order valence-electron chi connectivity index (χ2n) is 6.67. The van der Waals surface area contributed by atoms with Crippen LogP contribution in [0.4, 0.5) is 0 Å². The standard InChI is InChI=1S/C16H24N2O2S/c1-6-11-7-8-21-12(11)9-18-10(2)14(19)17-13(15(18)20)16(3,4)5/h7-8,10,13H,6,9H2,1-5H3,(H,17,19). The van der Waals surface area contributed by atoms with Gasteiger partial charge < -0.3 is 10.2 Å².